The molecule has 0 aromatic rings. The normalized spacial score (nSPS) is 19.0. The first-order chi connectivity index (χ1) is 9.02. The molecule has 0 saturated carbocycles. The van der Waals surface area contributed by atoms with Gasteiger partial charge in [-0.2, -0.15) is 11.8 Å². The lowest BCUT2D eigenvalue weighted by Gasteiger charge is -2.31. The van der Waals surface area contributed by atoms with E-state index in [0.29, 0.717) is 18.3 Å². The summed E-state index contributed by atoms with van der Waals surface area (Å²) >= 11 is 1.85. The number of aliphatic carboxylic acids is 1. The molecule has 0 spiro atoms. The number of nitrogens with zero attached hydrogens (tertiary/aromatic N) is 1. The Hall–Kier alpha value is -1.24. The van der Waals surface area contributed by atoms with Crippen LogP contribution >= 0.6 is 11.8 Å². The van der Waals surface area contributed by atoms with Crippen LogP contribution in [-0.4, -0.2) is 52.0 Å². The molecule has 1 aliphatic rings. The van der Waals surface area contributed by atoms with Gasteiger partial charge in [-0.15, -0.1) is 0 Å². The minimum absolute atomic E-state index is 0.0557. The first-order valence-corrected chi connectivity index (χ1v) is 7.50. The van der Waals surface area contributed by atoms with Crippen LogP contribution in [0.4, 0.5) is 4.79 Å². The molecule has 1 heterocycles. The van der Waals surface area contributed by atoms with Gasteiger partial charge in [-0.05, 0) is 12.8 Å². The van der Waals surface area contributed by atoms with Crippen molar-refractivity contribution >= 4 is 29.7 Å². The first kappa shape index (κ1) is 15.8. The first-order valence-electron chi connectivity index (χ1n) is 6.45. The van der Waals surface area contributed by atoms with Crippen LogP contribution in [0.5, 0.6) is 0 Å². The molecule has 1 aliphatic heterocycles. The van der Waals surface area contributed by atoms with E-state index in [-0.39, 0.29) is 25.3 Å². The highest BCUT2D eigenvalue weighted by molar-refractivity contribution is 8.00. The van der Waals surface area contributed by atoms with Gasteiger partial charge in [0, 0.05) is 36.9 Å². The zero-order valence-corrected chi connectivity index (χ0v) is 11.9. The van der Waals surface area contributed by atoms with Crippen LogP contribution in [0.2, 0.25) is 0 Å². The quantitative estimate of drug-likeness (QED) is 0.796. The Bertz CT molecular complexity index is 349. The van der Waals surface area contributed by atoms with Crippen LogP contribution in [0.25, 0.3) is 0 Å². The monoisotopic (exact) mass is 288 g/mol. The summed E-state index contributed by atoms with van der Waals surface area (Å²) in [5.74, 6) is -0.449. The maximum atomic E-state index is 11.8. The van der Waals surface area contributed by atoms with Crippen LogP contribution in [0.15, 0.2) is 0 Å². The summed E-state index contributed by atoms with van der Waals surface area (Å²) in [4.78, 5) is 35.3. The minimum Gasteiger partial charge on any atom is -0.481 e. The van der Waals surface area contributed by atoms with E-state index >= 15 is 0 Å². The molecule has 19 heavy (non-hydrogen) atoms. The van der Waals surface area contributed by atoms with Crippen molar-refractivity contribution in [1.29, 1.82) is 0 Å². The lowest BCUT2D eigenvalue weighted by Crippen LogP contribution is -2.48. The summed E-state index contributed by atoms with van der Waals surface area (Å²) < 4.78 is 0. The average molecular weight is 288 g/mol. The van der Waals surface area contributed by atoms with Crippen LogP contribution in [0.1, 0.15) is 32.6 Å². The van der Waals surface area contributed by atoms with Crippen LogP contribution in [0, 0.1) is 0 Å². The Kier molecular flexibility index (Phi) is 6.69. The van der Waals surface area contributed by atoms with Crippen molar-refractivity contribution < 1.29 is 19.5 Å². The van der Waals surface area contributed by atoms with Crippen molar-refractivity contribution in [2.45, 2.75) is 37.9 Å². The number of imide groups is 1. The van der Waals surface area contributed by atoms with Gasteiger partial charge in [0.2, 0.25) is 5.91 Å². The smallest absolute Gasteiger partial charge is 0.324 e. The molecular weight excluding hydrogens is 268 g/mol. The number of hydrogen-bond acceptors (Lipinski definition) is 4. The molecule has 2 N–H and O–H groups in total. The summed E-state index contributed by atoms with van der Waals surface area (Å²) in [6.07, 6.45) is 1.26. The van der Waals surface area contributed by atoms with Crippen LogP contribution in [-0.2, 0) is 9.59 Å². The number of thioether (sulfide) groups is 1. The van der Waals surface area contributed by atoms with Gasteiger partial charge in [-0.1, -0.05) is 6.92 Å². The number of carbonyl (C=O) groups is 3. The number of rotatable bonds is 5. The van der Waals surface area contributed by atoms with Gasteiger partial charge in [-0.3, -0.25) is 14.9 Å². The third kappa shape index (κ3) is 5.96. The second-order valence-electron chi connectivity index (χ2n) is 4.45. The Labute approximate surface area is 116 Å². The SMILES string of the molecule is CCC1CN(C(=O)NC(=O)CCCC(=O)O)CCS1. The van der Waals surface area contributed by atoms with Crippen molar-refractivity contribution in [2.24, 2.45) is 0 Å². The maximum absolute atomic E-state index is 11.8. The lowest BCUT2D eigenvalue weighted by atomic mass is 10.2. The zero-order valence-electron chi connectivity index (χ0n) is 11.1. The van der Waals surface area contributed by atoms with E-state index in [1.54, 1.807) is 4.90 Å². The van der Waals surface area contributed by atoms with E-state index in [4.69, 9.17) is 5.11 Å². The fraction of sp³-hybridized carbons (Fsp3) is 0.750. The van der Waals surface area contributed by atoms with E-state index < -0.39 is 11.9 Å². The molecule has 0 aliphatic carbocycles. The van der Waals surface area contributed by atoms with Gasteiger partial charge in [-0.25, -0.2) is 4.79 Å². The third-order valence-electron chi connectivity index (χ3n) is 2.92. The third-order valence-corrected chi connectivity index (χ3v) is 4.29. The number of carboxylic acids is 1. The van der Waals surface area contributed by atoms with Gasteiger partial charge in [0.25, 0.3) is 0 Å². The number of hydrogen-bond donors (Lipinski definition) is 2. The van der Waals surface area contributed by atoms with Crippen LogP contribution in [0.3, 0.4) is 0 Å². The number of urea groups is 1. The molecule has 0 radical (unpaired) electrons. The number of carboxylic acid groups (broad SMARTS) is 1. The Balaban J connectivity index is 2.29. The van der Waals surface area contributed by atoms with Gasteiger partial charge in [0.05, 0.1) is 0 Å². The van der Waals surface area contributed by atoms with Crippen molar-refractivity contribution in [3.05, 3.63) is 0 Å². The highest BCUT2D eigenvalue weighted by atomic mass is 32.2. The van der Waals surface area contributed by atoms with Crippen LogP contribution < -0.4 is 5.32 Å². The van der Waals surface area contributed by atoms with Crippen molar-refractivity contribution in [2.75, 3.05) is 18.8 Å². The molecule has 1 rings (SSSR count). The zero-order chi connectivity index (χ0) is 14.3. The molecule has 0 bridgehead atoms. The predicted octanol–water partition coefficient (Wildman–Crippen LogP) is 1.30. The highest BCUT2D eigenvalue weighted by Gasteiger charge is 2.23. The summed E-state index contributed by atoms with van der Waals surface area (Å²) in [5.41, 5.74) is 0. The van der Waals surface area contributed by atoms with E-state index in [0.717, 1.165) is 12.2 Å². The molecule has 3 amide bonds. The number of amides is 3. The molecular formula is C12H20N2O4S. The molecule has 6 nitrogen and oxygen atoms in total. The fourth-order valence-corrected chi connectivity index (χ4v) is 2.99. The van der Waals surface area contributed by atoms with Crippen molar-refractivity contribution in [1.82, 2.24) is 10.2 Å². The molecule has 7 heteroatoms. The summed E-state index contributed by atoms with van der Waals surface area (Å²) in [5, 5.41) is 11.2. The van der Waals surface area contributed by atoms with E-state index in [1.165, 1.54) is 0 Å². The Morgan fingerprint density at radius 3 is 2.74 bits per heavy atom. The number of nitrogens with one attached hydrogen (secondary N) is 1. The minimum atomic E-state index is -0.932. The molecule has 1 saturated heterocycles. The predicted molar refractivity (Wildman–Crippen MR) is 73.1 cm³/mol. The summed E-state index contributed by atoms with van der Waals surface area (Å²) in [6.45, 7) is 3.39. The Morgan fingerprint density at radius 2 is 2.11 bits per heavy atom. The molecule has 1 unspecified atom stereocenters. The molecule has 0 aromatic heterocycles. The summed E-state index contributed by atoms with van der Waals surface area (Å²) in [6, 6.07) is -0.362. The van der Waals surface area contributed by atoms with E-state index in [2.05, 4.69) is 12.2 Å². The maximum Gasteiger partial charge on any atom is 0.324 e. The van der Waals surface area contributed by atoms with Crippen molar-refractivity contribution in [3.63, 3.8) is 0 Å². The topological polar surface area (TPSA) is 86.7 Å². The van der Waals surface area contributed by atoms with Gasteiger partial charge in [0.1, 0.15) is 0 Å². The van der Waals surface area contributed by atoms with Gasteiger partial charge >= 0.3 is 12.0 Å². The Morgan fingerprint density at radius 1 is 1.37 bits per heavy atom. The number of carbonyl (C=O) groups excluding carboxylic acids is 2. The van der Waals surface area contributed by atoms with Gasteiger partial charge in [0.15, 0.2) is 0 Å². The molecule has 108 valence electrons. The summed E-state index contributed by atoms with van der Waals surface area (Å²) in [7, 11) is 0. The molecule has 1 fully saturated rings. The molecule has 1 atom stereocenters. The second kappa shape index (κ2) is 8.04. The lowest BCUT2D eigenvalue weighted by molar-refractivity contribution is -0.137. The largest absolute Gasteiger partial charge is 0.481 e. The van der Waals surface area contributed by atoms with E-state index in [9.17, 15) is 14.4 Å². The van der Waals surface area contributed by atoms with E-state index in [1.807, 2.05) is 11.8 Å². The highest BCUT2D eigenvalue weighted by Crippen LogP contribution is 2.20. The molecule has 0 aromatic carbocycles. The van der Waals surface area contributed by atoms with Gasteiger partial charge < -0.3 is 10.0 Å². The standard InChI is InChI=1S/C12H20N2O4S/c1-2-9-8-14(6-7-19-9)12(18)13-10(15)4-3-5-11(16)17/h9H,2-8H2,1H3,(H,16,17)(H,13,15,18). The van der Waals surface area contributed by atoms with Crippen molar-refractivity contribution in [3.8, 4) is 0 Å². The second-order valence-corrected chi connectivity index (χ2v) is 5.86. The fourth-order valence-electron chi connectivity index (χ4n) is 1.81. The average Bonchev–Trinajstić information content (AvgIpc) is 2.38.